The number of pyridine rings is 1. The predicted molar refractivity (Wildman–Crippen MR) is 117 cm³/mol. The number of piperidine rings is 1. The smallest absolute Gasteiger partial charge is 0.125 e. The molecule has 0 spiro atoms. The maximum absolute atomic E-state index is 13.6. The van der Waals surface area contributed by atoms with Gasteiger partial charge in [0.2, 0.25) is 0 Å². The molecule has 4 heteroatoms. The molecule has 0 saturated carbocycles. The van der Waals surface area contributed by atoms with E-state index in [4.69, 9.17) is 16.6 Å². The molecule has 0 N–H and O–H groups in total. The summed E-state index contributed by atoms with van der Waals surface area (Å²) >= 11 is 6.31. The van der Waals surface area contributed by atoms with Crippen molar-refractivity contribution in [1.29, 1.82) is 0 Å². The van der Waals surface area contributed by atoms with Crippen LogP contribution in [0, 0.1) is 5.82 Å². The second kappa shape index (κ2) is 7.64. The Morgan fingerprint density at radius 3 is 2.52 bits per heavy atom. The van der Waals surface area contributed by atoms with Gasteiger partial charge in [0.25, 0.3) is 0 Å². The summed E-state index contributed by atoms with van der Waals surface area (Å²) in [5.74, 6) is -0.181. The average molecular weight is 405 g/mol. The summed E-state index contributed by atoms with van der Waals surface area (Å²) in [5.41, 5.74) is 8.65. The molecule has 29 heavy (non-hydrogen) atoms. The summed E-state index contributed by atoms with van der Waals surface area (Å²) in [6.07, 6.45) is 5.74. The van der Waals surface area contributed by atoms with Crippen molar-refractivity contribution in [3.05, 3.63) is 99.6 Å². The van der Waals surface area contributed by atoms with Crippen molar-refractivity contribution >= 4 is 22.9 Å². The number of aromatic nitrogens is 1. The molecule has 0 amide bonds. The Labute approximate surface area is 175 Å². The highest BCUT2D eigenvalue weighted by Gasteiger charge is 2.25. The average Bonchev–Trinajstić information content (AvgIpc) is 2.90. The summed E-state index contributed by atoms with van der Waals surface area (Å²) in [6, 6.07) is 17.3. The van der Waals surface area contributed by atoms with E-state index < -0.39 is 0 Å². The first-order valence-corrected chi connectivity index (χ1v) is 10.5. The molecule has 1 aliphatic carbocycles. The van der Waals surface area contributed by atoms with Gasteiger partial charge in [-0.25, -0.2) is 4.39 Å². The largest absolute Gasteiger partial charge is 0.371 e. The van der Waals surface area contributed by atoms with Crippen LogP contribution in [0.2, 0.25) is 5.02 Å². The van der Waals surface area contributed by atoms with Gasteiger partial charge in [-0.15, -0.1) is 0 Å². The molecule has 146 valence electrons. The summed E-state index contributed by atoms with van der Waals surface area (Å²) < 4.78 is 13.6. The summed E-state index contributed by atoms with van der Waals surface area (Å²) in [5, 5.41) is 0.785. The number of hydrogen-bond acceptors (Lipinski definition) is 2. The number of hydrogen-bond donors (Lipinski definition) is 0. The number of anilines is 1. The lowest BCUT2D eigenvalue weighted by Gasteiger charge is -2.32. The third kappa shape index (κ3) is 3.56. The van der Waals surface area contributed by atoms with Crippen LogP contribution in [0.1, 0.15) is 35.2 Å². The third-order valence-electron chi connectivity index (χ3n) is 6.02. The minimum absolute atomic E-state index is 0.181. The second-order valence-electron chi connectivity index (χ2n) is 7.76. The molecule has 1 fully saturated rings. The van der Waals surface area contributed by atoms with Crippen molar-refractivity contribution in [1.82, 2.24) is 4.98 Å². The Morgan fingerprint density at radius 2 is 1.69 bits per heavy atom. The van der Waals surface area contributed by atoms with Gasteiger partial charge in [-0.05, 0) is 78.8 Å². The van der Waals surface area contributed by atoms with Gasteiger partial charge in [-0.1, -0.05) is 35.4 Å². The number of benzene rings is 2. The van der Waals surface area contributed by atoms with Crippen LogP contribution in [0.3, 0.4) is 0 Å². The molecule has 1 saturated heterocycles. The van der Waals surface area contributed by atoms with E-state index in [0.29, 0.717) is 0 Å². The van der Waals surface area contributed by atoms with Gasteiger partial charge in [0.15, 0.2) is 0 Å². The van der Waals surface area contributed by atoms with Crippen LogP contribution < -0.4 is 4.90 Å². The molecule has 0 radical (unpaired) electrons. The van der Waals surface area contributed by atoms with E-state index in [1.54, 1.807) is 12.1 Å². The highest BCUT2D eigenvalue weighted by Crippen LogP contribution is 2.38. The first-order chi connectivity index (χ1) is 14.2. The fourth-order valence-electron chi connectivity index (χ4n) is 4.59. The van der Waals surface area contributed by atoms with Crippen molar-refractivity contribution in [3.63, 3.8) is 0 Å². The Balaban J connectivity index is 1.56. The van der Waals surface area contributed by atoms with Gasteiger partial charge in [-0.2, -0.15) is 0 Å². The molecule has 0 atom stereocenters. The van der Waals surface area contributed by atoms with E-state index in [0.717, 1.165) is 55.2 Å². The van der Waals surface area contributed by atoms with Crippen LogP contribution in [0.5, 0.6) is 0 Å². The Kier molecular flexibility index (Phi) is 4.84. The van der Waals surface area contributed by atoms with Gasteiger partial charge in [0.05, 0.1) is 5.69 Å². The van der Waals surface area contributed by atoms with E-state index >= 15 is 0 Å². The standard InChI is InChI=1S/C25H22ClFN2/c26-20-8-9-23-19(15-20)7-6-18-3-2-12-28-25(18)24(23)17-10-13-29(14-11-17)22-5-1-4-21(27)16-22/h1-5,8-9,12,15-16H,6-7,10-11,13-14H2. The zero-order chi connectivity index (χ0) is 19.8. The van der Waals surface area contributed by atoms with Gasteiger partial charge in [-0.3, -0.25) is 4.98 Å². The monoisotopic (exact) mass is 404 g/mol. The molecule has 2 aromatic carbocycles. The maximum atomic E-state index is 13.6. The highest BCUT2D eigenvalue weighted by atomic mass is 35.5. The quantitative estimate of drug-likeness (QED) is 0.489. The first-order valence-electron chi connectivity index (χ1n) is 10.1. The number of rotatable bonds is 1. The zero-order valence-corrected chi connectivity index (χ0v) is 16.9. The molecular weight excluding hydrogens is 383 g/mol. The maximum Gasteiger partial charge on any atom is 0.125 e. The van der Waals surface area contributed by atoms with Crippen molar-refractivity contribution in [2.24, 2.45) is 0 Å². The van der Waals surface area contributed by atoms with Gasteiger partial charge in [0.1, 0.15) is 5.82 Å². The third-order valence-corrected chi connectivity index (χ3v) is 6.26. The number of nitrogens with zero attached hydrogens (tertiary/aromatic N) is 2. The Hall–Kier alpha value is -2.65. The molecule has 2 heterocycles. The van der Waals surface area contributed by atoms with Gasteiger partial charge >= 0.3 is 0 Å². The van der Waals surface area contributed by atoms with Crippen molar-refractivity contribution in [2.75, 3.05) is 18.0 Å². The van der Waals surface area contributed by atoms with E-state index in [1.165, 1.54) is 33.9 Å². The van der Waals surface area contributed by atoms with Crippen molar-refractivity contribution in [2.45, 2.75) is 25.7 Å². The molecule has 1 aliphatic heterocycles. The van der Waals surface area contributed by atoms with Crippen molar-refractivity contribution in [3.8, 4) is 0 Å². The molecule has 5 rings (SSSR count). The molecule has 0 bridgehead atoms. The summed E-state index contributed by atoms with van der Waals surface area (Å²) in [4.78, 5) is 7.06. The molecule has 3 aromatic rings. The van der Waals surface area contributed by atoms with Crippen LogP contribution in [0.25, 0.3) is 5.57 Å². The van der Waals surface area contributed by atoms with Crippen LogP contribution in [-0.2, 0) is 12.8 Å². The van der Waals surface area contributed by atoms with E-state index in [9.17, 15) is 4.39 Å². The topological polar surface area (TPSA) is 16.1 Å². The van der Waals surface area contributed by atoms with Gasteiger partial charge in [0, 0.05) is 35.6 Å². The first kappa shape index (κ1) is 18.4. The van der Waals surface area contributed by atoms with E-state index in [1.807, 2.05) is 24.4 Å². The van der Waals surface area contributed by atoms with E-state index in [-0.39, 0.29) is 5.82 Å². The molecular formula is C25H22ClFN2. The molecule has 2 aliphatic rings. The number of halogens is 2. The number of fused-ring (bicyclic) bond motifs is 2. The second-order valence-corrected chi connectivity index (χ2v) is 8.19. The van der Waals surface area contributed by atoms with Crippen LogP contribution in [0.15, 0.2) is 66.4 Å². The van der Waals surface area contributed by atoms with Crippen LogP contribution >= 0.6 is 11.6 Å². The lowest BCUT2D eigenvalue weighted by Crippen LogP contribution is -2.31. The van der Waals surface area contributed by atoms with Crippen LogP contribution in [0.4, 0.5) is 10.1 Å². The lowest BCUT2D eigenvalue weighted by molar-refractivity contribution is 0.623. The minimum Gasteiger partial charge on any atom is -0.371 e. The van der Waals surface area contributed by atoms with Crippen molar-refractivity contribution < 1.29 is 4.39 Å². The summed E-state index contributed by atoms with van der Waals surface area (Å²) in [7, 11) is 0. The molecule has 2 nitrogen and oxygen atoms in total. The van der Waals surface area contributed by atoms with Gasteiger partial charge < -0.3 is 4.90 Å². The fraction of sp³-hybridized carbons (Fsp3) is 0.240. The number of aryl methyl sites for hydroxylation is 2. The summed E-state index contributed by atoms with van der Waals surface area (Å²) in [6.45, 7) is 1.76. The molecule has 1 aromatic heterocycles. The zero-order valence-electron chi connectivity index (χ0n) is 16.2. The SMILES string of the molecule is Fc1cccc(N2CCC(=C3c4ccc(Cl)cc4CCc4cccnc43)CC2)c1. The van der Waals surface area contributed by atoms with E-state index in [2.05, 4.69) is 23.1 Å². The Bertz CT molecular complexity index is 1100. The minimum atomic E-state index is -0.181. The predicted octanol–water partition coefficient (Wildman–Crippen LogP) is 6.08. The molecule has 0 unspecified atom stereocenters. The lowest BCUT2D eigenvalue weighted by atomic mass is 9.88. The van der Waals surface area contributed by atoms with Crippen LogP contribution in [-0.4, -0.2) is 18.1 Å². The highest BCUT2D eigenvalue weighted by molar-refractivity contribution is 6.30. The Morgan fingerprint density at radius 1 is 0.862 bits per heavy atom. The fourth-order valence-corrected chi connectivity index (χ4v) is 4.79. The normalized spacial score (nSPS) is 16.3.